The highest BCUT2D eigenvalue weighted by atomic mass is 32.1. The third kappa shape index (κ3) is 3.30. The summed E-state index contributed by atoms with van der Waals surface area (Å²) in [6.07, 6.45) is 2.82. The molecule has 0 atom stereocenters. The number of carbonyl (C=O) groups is 1. The predicted molar refractivity (Wildman–Crippen MR) is 79.4 cm³/mol. The van der Waals surface area contributed by atoms with Crippen LogP contribution in [0, 0.1) is 5.92 Å². The Kier molecular flexibility index (Phi) is 4.21. The van der Waals surface area contributed by atoms with Crippen LogP contribution in [0.4, 0.5) is 5.13 Å². The zero-order valence-corrected chi connectivity index (χ0v) is 12.7. The van der Waals surface area contributed by atoms with E-state index >= 15 is 0 Å². The van der Waals surface area contributed by atoms with Crippen molar-refractivity contribution in [1.82, 2.24) is 9.88 Å². The Labute approximate surface area is 123 Å². The number of anilines is 1. The average molecular weight is 295 g/mol. The molecule has 1 saturated heterocycles. The highest BCUT2D eigenvalue weighted by Crippen LogP contribution is 2.30. The maximum absolute atomic E-state index is 11.6. The second-order valence-electron chi connectivity index (χ2n) is 5.47. The minimum atomic E-state index is -0.317. The summed E-state index contributed by atoms with van der Waals surface area (Å²) in [5.41, 5.74) is 0.437. The molecule has 1 aromatic heterocycles. The Morgan fingerprint density at radius 3 is 2.80 bits per heavy atom. The van der Waals surface area contributed by atoms with Gasteiger partial charge in [0.25, 0.3) is 0 Å². The van der Waals surface area contributed by atoms with Crippen LogP contribution in [0.15, 0.2) is 5.38 Å². The van der Waals surface area contributed by atoms with Gasteiger partial charge in [0.05, 0.1) is 6.61 Å². The van der Waals surface area contributed by atoms with Crippen LogP contribution in [0.2, 0.25) is 0 Å². The van der Waals surface area contributed by atoms with E-state index in [0.29, 0.717) is 12.3 Å². The molecule has 3 rings (SSSR count). The highest BCUT2D eigenvalue weighted by Gasteiger charge is 2.27. The summed E-state index contributed by atoms with van der Waals surface area (Å²) < 4.78 is 4.97. The molecule has 20 heavy (non-hydrogen) atoms. The molecule has 2 fully saturated rings. The van der Waals surface area contributed by atoms with Crippen LogP contribution in [-0.4, -0.2) is 55.2 Å². The molecule has 2 heterocycles. The quantitative estimate of drug-likeness (QED) is 0.776. The van der Waals surface area contributed by atoms with Crippen LogP contribution in [0.3, 0.4) is 0 Å². The lowest BCUT2D eigenvalue weighted by Gasteiger charge is -2.34. The van der Waals surface area contributed by atoms with Crippen LogP contribution in [0.25, 0.3) is 0 Å². The number of nitrogens with zero attached hydrogens (tertiary/aromatic N) is 3. The van der Waals surface area contributed by atoms with Crippen molar-refractivity contribution >= 4 is 22.4 Å². The third-order valence-corrected chi connectivity index (χ3v) is 4.73. The molecule has 0 N–H and O–H groups in total. The van der Waals surface area contributed by atoms with Gasteiger partial charge in [0.2, 0.25) is 0 Å². The molecule has 1 aliphatic heterocycles. The van der Waals surface area contributed by atoms with Gasteiger partial charge in [-0.15, -0.1) is 11.3 Å². The summed E-state index contributed by atoms with van der Waals surface area (Å²) in [6.45, 7) is 7.68. The molecule has 1 aromatic rings. The number of hydrogen-bond acceptors (Lipinski definition) is 6. The summed E-state index contributed by atoms with van der Waals surface area (Å²) in [4.78, 5) is 20.8. The van der Waals surface area contributed by atoms with Gasteiger partial charge >= 0.3 is 5.97 Å². The number of piperazine rings is 1. The maximum Gasteiger partial charge on any atom is 0.357 e. The summed E-state index contributed by atoms with van der Waals surface area (Å²) >= 11 is 1.53. The van der Waals surface area contributed by atoms with Gasteiger partial charge < -0.3 is 9.64 Å². The highest BCUT2D eigenvalue weighted by molar-refractivity contribution is 7.13. The Morgan fingerprint density at radius 1 is 1.40 bits per heavy atom. The molecule has 0 amide bonds. The van der Waals surface area contributed by atoms with Crippen molar-refractivity contribution in [1.29, 1.82) is 0 Å². The summed E-state index contributed by atoms with van der Waals surface area (Å²) in [5, 5.41) is 2.74. The molecule has 110 valence electrons. The maximum atomic E-state index is 11.6. The van der Waals surface area contributed by atoms with E-state index in [9.17, 15) is 4.79 Å². The number of hydrogen-bond donors (Lipinski definition) is 0. The SMILES string of the molecule is CCOC(=O)c1csc(N2CCN(CC3CC3)CC2)n1. The smallest absolute Gasteiger partial charge is 0.357 e. The topological polar surface area (TPSA) is 45.7 Å². The van der Waals surface area contributed by atoms with Crippen molar-refractivity contribution in [2.24, 2.45) is 5.92 Å². The Hall–Kier alpha value is -1.14. The predicted octanol–water partition coefficient (Wildman–Crippen LogP) is 1.85. The van der Waals surface area contributed by atoms with Gasteiger partial charge in [-0.1, -0.05) is 0 Å². The van der Waals surface area contributed by atoms with E-state index in [0.717, 1.165) is 37.2 Å². The van der Waals surface area contributed by atoms with E-state index in [4.69, 9.17) is 4.74 Å². The van der Waals surface area contributed by atoms with E-state index in [1.54, 1.807) is 5.38 Å². The monoisotopic (exact) mass is 295 g/mol. The van der Waals surface area contributed by atoms with Crippen LogP contribution in [0.5, 0.6) is 0 Å². The standard InChI is InChI=1S/C14H21N3O2S/c1-2-19-13(18)12-10-20-14(15-12)17-7-5-16(6-8-17)9-11-3-4-11/h10-11H,2-9H2,1H3. The molecule has 1 saturated carbocycles. The molecule has 5 nitrogen and oxygen atoms in total. The van der Waals surface area contributed by atoms with E-state index in [-0.39, 0.29) is 5.97 Å². The molecule has 0 spiro atoms. The molecule has 1 aliphatic carbocycles. The van der Waals surface area contributed by atoms with Crippen LogP contribution in [-0.2, 0) is 4.74 Å². The van der Waals surface area contributed by atoms with Gasteiger partial charge in [0, 0.05) is 38.1 Å². The molecule has 2 aliphatic rings. The van der Waals surface area contributed by atoms with Crippen LogP contribution < -0.4 is 4.90 Å². The lowest BCUT2D eigenvalue weighted by Crippen LogP contribution is -2.47. The van der Waals surface area contributed by atoms with Gasteiger partial charge in [-0.2, -0.15) is 0 Å². The Bertz CT molecular complexity index is 465. The first-order valence-corrected chi connectivity index (χ1v) is 8.24. The normalized spacial score (nSPS) is 20.1. The number of rotatable bonds is 5. The third-order valence-electron chi connectivity index (χ3n) is 3.83. The number of thiazole rings is 1. The van der Waals surface area contributed by atoms with E-state index in [1.807, 2.05) is 6.92 Å². The number of aromatic nitrogens is 1. The largest absolute Gasteiger partial charge is 0.461 e. The van der Waals surface area contributed by atoms with Crippen molar-refractivity contribution in [3.05, 3.63) is 11.1 Å². The van der Waals surface area contributed by atoms with E-state index in [1.165, 1.54) is 30.7 Å². The minimum absolute atomic E-state index is 0.317. The molecule has 0 radical (unpaired) electrons. The Balaban J connectivity index is 1.53. The van der Waals surface area contributed by atoms with Gasteiger partial charge in [-0.05, 0) is 25.7 Å². The summed E-state index contributed by atoms with van der Waals surface area (Å²) in [6, 6.07) is 0. The van der Waals surface area contributed by atoms with Crippen molar-refractivity contribution in [3.8, 4) is 0 Å². The molecule has 0 unspecified atom stereocenters. The lowest BCUT2D eigenvalue weighted by molar-refractivity contribution is 0.0520. The zero-order chi connectivity index (χ0) is 13.9. The first-order chi connectivity index (χ1) is 9.76. The fourth-order valence-corrected chi connectivity index (χ4v) is 3.34. The van der Waals surface area contributed by atoms with Gasteiger partial charge in [-0.25, -0.2) is 9.78 Å². The number of carbonyl (C=O) groups excluding carboxylic acids is 1. The minimum Gasteiger partial charge on any atom is -0.461 e. The van der Waals surface area contributed by atoms with Crippen molar-refractivity contribution < 1.29 is 9.53 Å². The zero-order valence-electron chi connectivity index (χ0n) is 11.9. The fourth-order valence-electron chi connectivity index (χ4n) is 2.50. The number of ether oxygens (including phenoxy) is 1. The van der Waals surface area contributed by atoms with Gasteiger partial charge in [-0.3, -0.25) is 4.90 Å². The number of esters is 1. The van der Waals surface area contributed by atoms with E-state index < -0.39 is 0 Å². The second kappa shape index (κ2) is 6.10. The molecule has 0 aromatic carbocycles. The van der Waals surface area contributed by atoms with Gasteiger partial charge in [0.1, 0.15) is 0 Å². The molecular formula is C14H21N3O2S. The van der Waals surface area contributed by atoms with Crippen LogP contribution in [0.1, 0.15) is 30.3 Å². The Morgan fingerprint density at radius 2 is 2.15 bits per heavy atom. The van der Waals surface area contributed by atoms with Gasteiger partial charge in [0.15, 0.2) is 10.8 Å². The first-order valence-electron chi connectivity index (χ1n) is 7.36. The van der Waals surface area contributed by atoms with Crippen molar-refractivity contribution in [2.75, 3.05) is 44.2 Å². The molecule has 0 bridgehead atoms. The molecule has 6 heteroatoms. The summed E-state index contributed by atoms with van der Waals surface area (Å²) in [5.74, 6) is 0.638. The van der Waals surface area contributed by atoms with Crippen molar-refractivity contribution in [2.45, 2.75) is 19.8 Å². The second-order valence-corrected chi connectivity index (χ2v) is 6.30. The summed E-state index contributed by atoms with van der Waals surface area (Å²) in [7, 11) is 0. The average Bonchev–Trinajstić information content (AvgIpc) is 3.13. The molecular weight excluding hydrogens is 274 g/mol. The van der Waals surface area contributed by atoms with Crippen molar-refractivity contribution in [3.63, 3.8) is 0 Å². The first kappa shape index (κ1) is 13.8. The van der Waals surface area contributed by atoms with E-state index in [2.05, 4.69) is 14.8 Å². The fraction of sp³-hybridized carbons (Fsp3) is 0.714. The van der Waals surface area contributed by atoms with Crippen LogP contribution >= 0.6 is 11.3 Å². The lowest BCUT2D eigenvalue weighted by atomic mass is 10.3.